The van der Waals surface area contributed by atoms with E-state index in [1.165, 1.54) is 12.5 Å². The van der Waals surface area contributed by atoms with Gasteiger partial charge >= 0.3 is 11.8 Å². The zero-order valence-electron chi connectivity index (χ0n) is 16.1. The van der Waals surface area contributed by atoms with Gasteiger partial charge in [-0.1, -0.05) is 12.1 Å². The van der Waals surface area contributed by atoms with E-state index in [9.17, 15) is 14.4 Å². The Kier molecular flexibility index (Phi) is 5.93. The van der Waals surface area contributed by atoms with Gasteiger partial charge in [0, 0.05) is 50.2 Å². The topological polar surface area (TPSA) is 81.8 Å². The fourth-order valence-electron chi connectivity index (χ4n) is 3.16. The van der Waals surface area contributed by atoms with Crippen molar-refractivity contribution in [3.8, 4) is 0 Å². The third-order valence-corrected chi connectivity index (χ3v) is 4.59. The highest BCUT2D eigenvalue weighted by Gasteiger charge is 2.26. The maximum absolute atomic E-state index is 12.5. The van der Waals surface area contributed by atoms with Crippen molar-refractivity contribution in [3.05, 3.63) is 54.1 Å². The van der Waals surface area contributed by atoms with Gasteiger partial charge in [0.15, 0.2) is 0 Å². The predicted molar refractivity (Wildman–Crippen MR) is 109 cm³/mol. The lowest BCUT2D eigenvalue weighted by molar-refractivity contribution is -0.143. The van der Waals surface area contributed by atoms with Crippen molar-refractivity contribution >= 4 is 34.8 Å². The standard InChI is InChI=1S/C21H24N4O3/c1-15-4-3-5-19(14-15)24-10-12-25(13-11-24)21(28)20(27)23-18-8-6-17(7-9-18)22-16(2)26/h3-9,14H,10-13H2,1-2H3,(H,22,26)(H,23,27). The molecule has 1 heterocycles. The summed E-state index contributed by atoms with van der Waals surface area (Å²) in [7, 11) is 0. The second kappa shape index (κ2) is 8.56. The van der Waals surface area contributed by atoms with E-state index >= 15 is 0 Å². The molecular weight excluding hydrogens is 356 g/mol. The summed E-state index contributed by atoms with van der Waals surface area (Å²) in [5, 5.41) is 5.26. The fraction of sp³-hybridized carbons (Fsp3) is 0.286. The lowest BCUT2D eigenvalue weighted by Crippen LogP contribution is -2.51. The molecule has 1 fully saturated rings. The SMILES string of the molecule is CC(=O)Nc1ccc(NC(=O)C(=O)N2CCN(c3cccc(C)c3)CC2)cc1. The minimum absolute atomic E-state index is 0.170. The van der Waals surface area contributed by atoms with Gasteiger partial charge in [-0.05, 0) is 48.9 Å². The first-order valence-corrected chi connectivity index (χ1v) is 9.22. The lowest BCUT2D eigenvalue weighted by atomic mass is 10.2. The smallest absolute Gasteiger partial charge is 0.313 e. The average molecular weight is 380 g/mol. The number of amides is 3. The van der Waals surface area contributed by atoms with Crippen LogP contribution in [0.3, 0.4) is 0 Å². The maximum Gasteiger partial charge on any atom is 0.313 e. The van der Waals surface area contributed by atoms with E-state index in [0.717, 1.165) is 5.69 Å². The Bertz CT molecular complexity index is 871. The Morgan fingerprint density at radius 1 is 0.857 bits per heavy atom. The minimum Gasteiger partial charge on any atom is -0.368 e. The van der Waals surface area contributed by atoms with Crippen molar-refractivity contribution < 1.29 is 14.4 Å². The molecule has 0 aromatic heterocycles. The molecule has 1 saturated heterocycles. The Labute approximate surface area is 164 Å². The number of piperazine rings is 1. The molecule has 2 N–H and O–H groups in total. The van der Waals surface area contributed by atoms with Crippen LogP contribution < -0.4 is 15.5 Å². The van der Waals surface area contributed by atoms with Gasteiger partial charge in [0.2, 0.25) is 5.91 Å². The fourth-order valence-corrected chi connectivity index (χ4v) is 3.16. The molecule has 0 radical (unpaired) electrons. The summed E-state index contributed by atoms with van der Waals surface area (Å²) in [5.41, 5.74) is 3.46. The van der Waals surface area contributed by atoms with Gasteiger partial charge in [0.25, 0.3) is 0 Å². The van der Waals surface area contributed by atoms with Crippen molar-refractivity contribution in [2.45, 2.75) is 13.8 Å². The molecule has 0 saturated carbocycles. The van der Waals surface area contributed by atoms with Crippen LogP contribution in [0.25, 0.3) is 0 Å². The molecule has 7 heteroatoms. The monoisotopic (exact) mass is 380 g/mol. The highest BCUT2D eigenvalue weighted by Crippen LogP contribution is 2.18. The first kappa shape index (κ1) is 19.4. The zero-order chi connectivity index (χ0) is 20.1. The summed E-state index contributed by atoms with van der Waals surface area (Å²) in [5.74, 6) is -1.36. The molecule has 7 nitrogen and oxygen atoms in total. The van der Waals surface area contributed by atoms with Crippen molar-refractivity contribution in [1.82, 2.24) is 4.90 Å². The second-order valence-corrected chi connectivity index (χ2v) is 6.83. The number of rotatable bonds is 3. The number of nitrogens with one attached hydrogen (secondary N) is 2. The predicted octanol–water partition coefficient (Wildman–Crippen LogP) is 2.24. The van der Waals surface area contributed by atoms with E-state index < -0.39 is 11.8 Å². The molecule has 146 valence electrons. The van der Waals surface area contributed by atoms with E-state index in [2.05, 4.69) is 40.7 Å². The summed E-state index contributed by atoms with van der Waals surface area (Å²) in [6.07, 6.45) is 0. The van der Waals surface area contributed by atoms with Crippen LogP contribution in [-0.4, -0.2) is 48.8 Å². The quantitative estimate of drug-likeness (QED) is 0.800. The Morgan fingerprint density at radius 2 is 1.46 bits per heavy atom. The van der Waals surface area contributed by atoms with E-state index in [0.29, 0.717) is 37.6 Å². The number of hydrogen-bond donors (Lipinski definition) is 2. The van der Waals surface area contributed by atoms with Crippen LogP contribution in [0.15, 0.2) is 48.5 Å². The second-order valence-electron chi connectivity index (χ2n) is 6.83. The molecular formula is C21H24N4O3. The highest BCUT2D eigenvalue weighted by atomic mass is 16.2. The number of anilines is 3. The molecule has 1 aliphatic rings. The number of carbonyl (C=O) groups is 3. The van der Waals surface area contributed by atoms with Crippen LogP contribution in [0.1, 0.15) is 12.5 Å². The highest BCUT2D eigenvalue weighted by molar-refractivity contribution is 6.39. The molecule has 3 rings (SSSR count). The summed E-state index contributed by atoms with van der Waals surface area (Å²) >= 11 is 0. The van der Waals surface area contributed by atoms with Gasteiger partial charge in [-0.25, -0.2) is 0 Å². The first-order valence-electron chi connectivity index (χ1n) is 9.22. The van der Waals surface area contributed by atoms with E-state index in [4.69, 9.17) is 0 Å². The normalized spacial score (nSPS) is 13.8. The number of aryl methyl sites for hydroxylation is 1. The van der Waals surface area contributed by atoms with Gasteiger partial charge in [-0.15, -0.1) is 0 Å². The molecule has 3 amide bonds. The molecule has 1 aliphatic heterocycles. The van der Waals surface area contributed by atoms with Gasteiger partial charge in [0.1, 0.15) is 0 Å². The summed E-state index contributed by atoms with van der Waals surface area (Å²) < 4.78 is 0. The minimum atomic E-state index is -0.656. The molecule has 0 atom stereocenters. The Hall–Kier alpha value is -3.35. The number of carbonyl (C=O) groups excluding carboxylic acids is 3. The Morgan fingerprint density at radius 3 is 2.04 bits per heavy atom. The third-order valence-electron chi connectivity index (χ3n) is 4.59. The van der Waals surface area contributed by atoms with E-state index in [1.54, 1.807) is 29.2 Å². The molecule has 28 heavy (non-hydrogen) atoms. The van der Waals surface area contributed by atoms with Gasteiger partial charge < -0.3 is 20.4 Å². The molecule has 0 spiro atoms. The third kappa shape index (κ3) is 4.88. The molecule has 2 aromatic carbocycles. The average Bonchev–Trinajstić information content (AvgIpc) is 2.68. The van der Waals surface area contributed by atoms with Gasteiger partial charge in [-0.2, -0.15) is 0 Å². The molecule has 2 aromatic rings. The number of nitrogens with zero attached hydrogens (tertiary/aromatic N) is 2. The zero-order valence-corrected chi connectivity index (χ0v) is 16.1. The number of benzene rings is 2. The molecule has 0 unspecified atom stereocenters. The van der Waals surface area contributed by atoms with E-state index in [-0.39, 0.29) is 5.91 Å². The summed E-state index contributed by atoms with van der Waals surface area (Å²) in [4.78, 5) is 39.6. The summed E-state index contributed by atoms with van der Waals surface area (Å²) in [6, 6.07) is 14.9. The lowest BCUT2D eigenvalue weighted by Gasteiger charge is -2.35. The van der Waals surface area contributed by atoms with Crippen LogP contribution >= 0.6 is 0 Å². The largest absolute Gasteiger partial charge is 0.368 e. The summed E-state index contributed by atoms with van der Waals surface area (Å²) in [6.45, 7) is 5.86. The van der Waals surface area contributed by atoms with Crippen molar-refractivity contribution in [3.63, 3.8) is 0 Å². The van der Waals surface area contributed by atoms with Crippen molar-refractivity contribution in [2.75, 3.05) is 41.7 Å². The van der Waals surface area contributed by atoms with Gasteiger partial charge in [-0.3, -0.25) is 14.4 Å². The van der Waals surface area contributed by atoms with Crippen molar-refractivity contribution in [1.29, 1.82) is 0 Å². The van der Waals surface area contributed by atoms with Crippen LogP contribution in [-0.2, 0) is 14.4 Å². The van der Waals surface area contributed by atoms with E-state index in [1.807, 2.05) is 6.07 Å². The Balaban J connectivity index is 1.53. The first-order chi connectivity index (χ1) is 13.4. The van der Waals surface area contributed by atoms with Crippen LogP contribution in [0.4, 0.5) is 17.1 Å². The molecule has 0 aliphatic carbocycles. The maximum atomic E-state index is 12.5. The van der Waals surface area contributed by atoms with Gasteiger partial charge in [0.05, 0.1) is 0 Å². The van der Waals surface area contributed by atoms with Crippen LogP contribution in [0.5, 0.6) is 0 Å². The number of hydrogen-bond acceptors (Lipinski definition) is 4. The molecule has 0 bridgehead atoms. The van der Waals surface area contributed by atoms with Crippen LogP contribution in [0, 0.1) is 6.92 Å². The van der Waals surface area contributed by atoms with Crippen LogP contribution in [0.2, 0.25) is 0 Å². The van der Waals surface area contributed by atoms with Crippen molar-refractivity contribution in [2.24, 2.45) is 0 Å².